The zero-order valence-electron chi connectivity index (χ0n) is 13.4. The van der Waals surface area contributed by atoms with Gasteiger partial charge in [-0.15, -0.1) is 11.3 Å². The van der Waals surface area contributed by atoms with Crippen LogP contribution in [-0.4, -0.2) is 31.9 Å². The fraction of sp³-hybridized carbons (Fsp3) is 0.412. The summed E-state index contributed by atoms with van der Waals surface area (Å²) in [5, 5.41) is 0. The second kappa shape index (κ2) is 7.21. The van der Waals surface area contributed by atoms with Crippen LogP contribution in [0.1, 0.15) is 24.6 Å². The molecule has 0 unspecified atom stereocenters. The van der Waals surface area contributed by atoms with Crippen LogP contribution in [0.3, 0.4) is 0 Å². The molecule has 24 heavy (non-hydrogen) atoms. The number of ether oxygens (including phenoxy) is 1. The van der Waals surface area contributed by atoms with Crippen molar-refractivity contribution in [2.75, 3.05) is 13.1 Å². The SMILES string of the molecule is CCc1ccc(S(=O)(=O)N2CCC(Oc3ccc(F)cc3)CC2)s1. The van der Waals surface area contributed by atoms with Gasteiger partial charge in [0.1, 0.15) is 21.9 Å². The maximum Gasteiger partial charge on any atom is 0.252 e. The summed E-state index contributed by atoms with van der Waals surface area (Å²) in [7, 11) is -3.41. The Morgan fingerprint density at radius 2 is 1.83 bits per heavy atom. The van der Waals surface area contributed by atoms with Gasteiger partial charge in [0.25, 0.3) is 10.0 Å². The summed E-state index contributed by atoms with van der Waals surface area (Å²) in [6.07, 6.45) is 2.05. The van der Waals surface area contributed by atoms with Gasteiger partial charge in [0.15, 0.2) is 0 Å². The lowest BCUT2D eigenvalue weighted by atomic mass is 10.1. The normalized spacial score (nSPS) is 17.1. The molecule has 4 nitrogen and oxygen atoms in total. The maximum absolute atomic E-state index is 12.9. The van der Waals surface area contributed by atoms with Crippen molar-refractivity contribution in [3.63, 3.8) is 0 Å². The molecule has 2 aromatic rings. The number of rotatable bonds is 5. The highest BCUT2D eigenvalue weighted by Crippen LogP contribution is 2.28. The number of benzene rings is 1. The molecule has 0 spiro atoms. The molecule has 1 aliphatic rings. The number of sulfonamides is 1. The highest BCUT2D eigenvalue weighted by Gasteiger charge is 2.31. The Hall–Kier alpha value is -1.44. The molecular weight excluding hydrogens is 349 g/mol. The molecule has 0 bridgehead atoms. The van der Waals surface area contributed by atoms with E-state index in [9.17, 15) is 12.8 Å². The number of halogens is 1. The molecule has 0 aliphatic carbocycles. The molecule has 2 heterocycles. The Kier molecular flexibility index (Phi) is 5.22. The first-order chi connectivity index (χ1) is 11.5. The molecular formula is C17H20FNO3S2. The zero-order valence-corrected chi connectivity index (χ0v) is 15.1. The van der Waals surface area contributed by atoms with Gasteiger partial charge in [-0.3, -0.25) is 0 Å². The molecule has 0 radical (unpaired) electrons. The van der Waals surface area contributed by atoms with Gasteiger partial charge in [-0.05, 0) is 55.7 Å². The quantitative estimate of drug-likeness (QED) is 0.808. The summed E-state index contributed by atoms with van der Waals surface area (Å²) in [4.78, 5) is 1.07. The third-order valence-corrected chi connectivity index (χ3v) is 7.69. The third kappa shape index (κ3) is 3.79. The minimum absolute atomic E-state index is 0.0450. The van der Waals surface area contributed by atoms with Crippen LogP contribution in [0.4, 0.5) is 4.39 Å². The van der Waals surface area contributed by atoms with Crippen molar-refractivity contribution in [3.8, 4) is 5.75 Å². The van der Waals surface area contributed by atoms with E-state index in [4.69, 9.17) is 4.74 Å². The Morgan fingerprint density at radius 3 is 2.42 bits per heavy atom. The van der Waals surface area contributed by atoms with Crippen molar-refractivity contribution in [3.05, 3.63) is 47.1 Å². The molecule has 0 N–H and O–H groups in total. The van der Waals surface area contributed by atoms with Crippen LogP contribution in [-0.2, 0) is 16.4 Å². The van der Waals surface area contributed by atoms with Crippen LogP contribution < -0.4 is 4.74 Å². The van der Waals surface area contributed by atoms with Crippen molar-refractivity contribution in [2.45, 2.75) is 36.5 Å². The van der Waals surface area contributed by atoms with E-state index in [1.165, 1.54) is 27.8 Å². The minimum atomic E-state index is -3.41. The van der Waals surface area contributed by atoms with Crippen LogP contribution in [0.15, 0.2) is 40.6 Å². The topological polar surface area (TPSA) is 46.6 Å². The number of thiophene rings is 1. The van der Waals surface area contributed by atoms with Crippen molar-refractivity contribution in [1.82, 2.24) is 4.31 Å². The molecule has 1 fully saturated rings. The van der Waals surface area contributed by atoms with Crippen molar-refractivity contribution in [2.24, 2.45) is 0 Å². The van der Waals surface area contributed by atoms with Crippen molar-refractivity contribution in [1.29, 1.82) is 0 Å². The van der Waals surface area contributed by atoms with E-state index in [0.29, 0.717) is 35.9 Å². The predicted octanol–water partition coefficient (Wildman–Crippen LogP) is 3.68. The minimum Gasteiger partial charge on any atom is -0.490 e. The Bertz CT molecular complexity index is 778. The molecule has 0 atom stereocenters. The van der Waals surface area contributed by atoms with Gasteiger partial charge in [0, 0.05) is 18.0 Å². The monoisotopic (exact) mass is 369 g/mol. The van der Waals surface area contributed by atoms with E-state index in [1.807, 2.05) is 13.0 Å². The Morgan fingerprint density at radius 1 is 1.17 bits per heavy atom. The molecule has 1 aromatic heterocycles. The van der Waals surface area contributed by atoms with Crippen LogP contribution >= 0.6 is 11.3 Å². The van der Waals surface area contributed by atoms with Gasteiger partial charge in [-0.2, -0.15) is 4.31 Å². The van der Waals surface area contributed by atoms with Crippen LogP contribution in [0, 0.1) is 5.82 Å². The highest BCUT2D eigenvalue weighted by atomic mass is 32.2. The van der Waals surface area contributed by atoms with Gasteiger partial charge >= 0.3 is 0 Å². The first-order valence-corrected chi connectivity index (χ1v) is 10.3. The average molecular weight is 369 g/mol. The lowest BCUT2D eigenvalue weighted by Gasteiger charge is -2.31. The van der Waals surface area contributed by atoms with E-state index >= 15 is 0 Å². The zero-order chi connectivity index (χ0) is 17.2. The van der Waals surface area contributed by atoms with Gasteiger partial charge in [0.2, 0.25) is 0 Å². The fourth-order valence-corrected chi connectivity index (χ4v) is 5.63. The summed E-state index contributed by atoms with van der Waals surface area (Å²) in [6.45, 7) is 2.89. The van der Waals surface area contributed by atoms with Crippen molar-refractivity contribution >= 4 is 21.4 Å². The number of piperidine rings is 1. The molecule has 1 aliphatic heterocycles. The van der Waals surface area contributed by atoms with Crippen LogP contribution in [0.25, 0.3) is 0 Å². The number of hydrogen-bond acceptors (Lipinski definition) is 4. The first kappa shape index (κ1) is 17.4. The summed E-state index contributed by atoms with van der Waals surface area (Å²) in [5.74, 6) is 0.314. The van der Waals surface area contributed by atoms with E-state index in [2.05, 4.69) is 0 Å². The van der Waals surface area contributed by atoms with E-state index in [-0.39, 0.29) is 11.9 Å². The summed E-state index contributed by atoms with van der Waals surface area (Å²) in [6, 6.07) is 9.47. The maximum atomic E-state index is 12.9. The van der Waals surface area contributed by atoms with Crippen LogP contribution in [0.5, 0.6) is 5.75 Å². The first-order valence-electron chi connectivity index (χ1n) is 8.00. The van der Waals surface area contributed by atoms with E-state index in [1.54, 1.807) is 18.2 Å². The Labute approximate surface area is 145 Å². The summed E-state index contributed by atoms with van der Waals surface area (Å²) < 4.78 is 46.0. The molecule has 7 heteroatoms. The largest absolute Gasteiger partial charge is 0.490 e. The second-order valence-corrected chi connectivity index (χ2v) is 9.08. The molecule has 0 saturated carbocycles. The van der Waals surface area contributed by atoms with Crippen molar-refractivity contribution < 1.29 is 17.5 Å². The smallest absolute Gasteiger partial charge is 0.252 e. The van der Waals surface area contributed by atoms with Gasteiger partial charge in [0.05, 0.1) is 0 Å². The number of nitrogens with zero attached hydrogens (tertiary/aromatic N) is 1. The Balaban J connectivity index is 1.60. The van der Waals surface area contributed by atoms with Gasteiger partial charge in [-0.1, -0.05) is 6.92 Å². The summed E-state index contributed by atoms with van der Waals surface area (Å²) >= 11 is 1.34. The highest BCUT2D eigenvalue weighted by molar-refractivity contribution is 7.91. The van der Waals surface area contributed by atoms with Gasteiger partial charge in [-0.25, -0.2) is 12.8 Å². The number of hydrogen-bond donors (Lipinski definition) is 0. The molecule has 1 saturated heterocycles. The predicted molar refractivity (Wildman–Crippen MR) is 92.5 cm³/mol. The molecule has 130 valence electrons. The van der Waals surface area contributed by atoms with E-state index in [0.717, 1.165) is 11.3 Å². The van der Waals surface area contributed by atoms with Crippen LogP contribution in [0.2, 0.25) is 0 Å². The lowest BCUT2D eigenvalue weighted by molar-refractivity contribution is 0.135. The van der Waals surface area contributed by atoms with E-state index < -0.39 is 10.0 Å². The fourth-order valence-electron chi connectivity index (χ4n) is 2.71. The summed E-state index contributed by atoms with van der Waals surface area (Å²) in [5.41, 5.74) is 0. The molecule has 3 rings (SSSR count). The average Bonchev–Trinajstić information content (AvgIpc) is 3.07. The standard InChI is InChI=1S/C17H20FNO3S2/c1-2-16-7-8-17(23-16)24(20,21)19-11-9-15(10-12-19)22-14-5-3-13(18)4-6-14/h3-8,15H,2,9-12H2,1H3. The molecule has 1 aromatic carbocycles. The van der Waals surface area contributed by atoms with Gasteiger partial charge < -0.3 is 4.74 Å². The third-order valence-electron chi connectivity index (χ3n) is 4.10. The second-order valence-electron chi connectivity index (χ2n) is 5.75. The molecule has 0 amide bonds. The number of aryl methyl sites for hydroxylation is 1. The lowest BCUT2D eigenvalue weighted by Crippen LogP contribution is -2.41.